The Labute approximate surface area is 259 Å². The van der Waals surface area contributed by atoms with E-state index in [0.717, 1.165) is 11.4 Å². The van der Waals surface area contributed by atoms with Gasteiger partial charge in [0.15, 0.2) is 0 Å². The zero-order valence-corrected chi connectivity index (χ0v) is 24.8. The lowest BCUT2D eigenvalue weighted by atomic mass is 9.95. The highest BCUT2D eigenvalue weighted by Crippen LogP contribution is 2.45. The Balaban J connectivity index is 1.27. The standard InChI is InChI=1S/C42H27NS/c1-2-13-32(14-3-1)43(39-18-8-12-28-10-5-7-16-36(28)39)33-23-25-40-38(27-33)42-37(17-9-19-41(42)44-40)31-22-24-35-30(26-31)21-20-29-11-4-6-15-34(29)35/h1-27H. The average Bonchev–Trinajstić information content (AvgIpc) is 3.47. The molecule has 0 unspecified atom stereocenters. The summed E-state index contributed by atoms with van der Waals surface area (Å²) < 4.78 is 2.61. The second-order valence-corrected chi connectivity index (χ2v) is 12.4. The SMILES string of the molecule is c1ccc(N(c2ccc3sc4cccc(-c5ccc6c(ccc7ccccc76)c5)c4c3c2)c2cccc3ccccc23)cc1. The Hall–Kier alpha value is -5.44. The van der Waals surface area contributed by atoms with E-state index in [-0.39, 0.29) is 0 Å². The zero-order chi connectivity index (χ0) is 29.0. The van der Waals surface area contributed by atoms with Crippen molar-refractivity contribution < 1.29 is 0 Å². The van der Waals surface area contributed by atoms with Crippen molar-refractivity contribution >= 4 is 80.9 Å². The average molecular weight is 578 g/mol. The summed E-state index contributed by atoms with van der Waals surface area (Å²) in [7, 11) is 0. The minimum atomic E-state index is 1.14. The maximum absolute atomic E-state index is 2.40. The molecule has 0 spiro atoms. The van der Waals surface area contributed by atoms with Gasteiger partial charge in [0.25, 0.3) is 0 Å². The highest BCUT2D eigenvalue weighted by Gasteiger charge is 2.18. The van der Waals surface area contributed by atoms with Gasteiger partial charge in [0.1, 0.15) is 0 Å². The van der Waals surface area contributed by atoms with Crippen molar-refractivity contribution in [3.8, 4) is 11.1 Å². The molecule has 206 valence electrons. The molecule has 0 atom stereocenters. The van der Waals surface area contributed by atoms with E-state index in [0.29, 0.717) is 0 Å². The Morgan fingerprint density at radius 3 is 1.98 bits per heavy atom. The molecule has 8 aromatic carbocycles. The molecule has 1 aromatic heterocycles. The van der Waals surface area contributed by atoms with Gasteiger partial charge in [-0.3, -0.25) is 0 Å². The molecule has 9 aromatic rings. The molecule has 0 saturated carbocycles. The van der Waals surface area contributed by atoms with Crippen LogP contribution in [0.15, 0.2) is 164 Å². The molecule has 0 saturated heterocycles. The summed E-state index contributed by atoms with van der Waals surface area (Å²) in [5.41, 5.74) is 5.99. The normalized spacial score (nSPS) is 11.6. The number of thiophene rings is 1. The molecule has 0 amide bonds. The first-order valence-corrected chi connectivity index (χ1v) is 15.8. The van der Waals surface area contributed by atoms with Crippen molar-refractivity contribution in [1.29, 1.82) is 0 Å². The van der Waals surface area contributed by atoms with Crippen molar-refractivity contribution in [1.82, 2.24) is 0 Å². The van der Waals surface area contributed by atoms with Crippen LogP contribution in [0.1, 0.15) is 0 Å². The van der Waals surface area contributed by atoms with Gasteiger partial charge in [0.05, 0.1) is 5.69 Å². The molecule has 2 heteroatoms. The molecule has 1 heterocycles. The van der Waals surface area contributed by atoms with Gasteiger partial charge in [-0.15, -0.1) is 11.3 Å². The first-order valence-electron chi connectivity index (χ1n) is 15.0. The minimum absolute atomic E-state index is 1.14. The lowest BCUT2D eigenvalue weighted by molar-refractivity contribution is 1.30. The molecule has 0 aliphatic carbocycles. The van der Waals surface area contributed by atoms with Crippen molar-refractivity contribution in [3.63, 3.8) is 0 Å². The summed E-state index contributed by atoms with van der Waals surface area (Å²) >= 11 is 1.87. The number of benzene rings is 8. The molecule has 0 bridgehead atoms. The van der Waals surface area contributed by atoms with E-state index < -0.39 is 0 Å². The van der Waals surface area contributed by atoms with Crippen LogP contribution in [-0.4, -0.2) is 0 Å². The predicted octanol–water partition coefficient (Wildman–Crippen LogP) is 12.7. The Morgan fingerprint density at radius 1 is 0.386 bits per heavy atom. The van der Waals surface area contributed by atoms with Crippen LogP contribution in [0.4, 0.5) is 17.1 Å². The van der Waals surface area contributed by atoms with Crippen LogP contribution in [0.25, 0.3) is 63.6 Å². The van der Waals surface area contributed by atoms with Crippen LogP contribution < -0.4 is 4.90 Å². The van der Waals surface area contributed by atoms with E-state index in [1.807, 2.05) is 11.3 Å². The summed E-state index contributed by atoms with van der Waals surface area (Å²) in [6.07, 6.45) is 0. The molecule has 9 rings (SSSR count). The molecule has 0 fully saturated rings. The molecule has 1 nitrogen and oxygen atoms in total. The lowest BCUT2D eigenvalue weighted by Gasteiger charge is -2.27. The molecule has 0 N–H and O–H groups in total. The fourth-order valence-electron chi connectivity index (χ4n) is 6.78. The topological polar surface area (TPSA) is 3.24 Å². The monoisotopic (exact) mass is 577 g/mol. The quantitative estimate of drug-likeness (QED) is 0.188. The van der Waals surface area contributed by atoms with E-state index in [1.165, 1.54) is 69.3 Å². The fourth-order valence-corrected chi connectivity index (χ4v) is 7.90. The number of fused-ring (bicyclic) bond motifs is 7. The molecule has 0 aliphatic heterocycles. The summed E-state index contributed by atoms with van der Waals surface area (Å²) in [6.45, 7) is 0. The molecular formula is C42H27NS. The van der Waals surface area contributed by atoms with Crippen LogP contribution in [0, 0.1) is 0 Å². The molecule has 0 radical (unpaired) electrons. The highest BCUT2D eigenvalue weighted by atomic mass is 32.1. The summed E-state index contributed by atoms with van der Waals surface area (Å²) in [5.74, 6) is 0. The number of nitrogens with zero attached hydrogens (tertiary/aromatic N) is 1. The van der Waals surface area contributed by atoms with Crippen molar-refractivity contribution in [2.24, 2.45) is 0 Å². The number of rotatable bonds is 4. The summed E-state index contributed by atoms with van der Waals surface area (Å²) in [6, 6.07) is 59.7. The van der Waals surface area contributed by atoms with Gasteiger partial charge in [-0.2, -0.15) is 0 Å². The van der Waals surface area contributed by atoms with E-state index in [1.54, 1.807) is 0 Å². The highest BCUT2D eigenvalue weighted by molar-refractivity contribution is 7.26. The van der Waals surface area contributed by atoms with Gasteiger partial charge in [0, 0.05) is 36.9 Å². The Bertz CT molecular complexity index is 2500. The Kier molecular flexibility index (Phi) is 5.75. The molecule has 0 aliphatic rings. The predicted molar refractivity (Wildman–Crippen MR) is 192 cm³/mol. The van der Waals surface area contributed by atoms with Crippen LogP contribution in [0.5, 0.6) is 0 Å². The maximum atomic E-state index is 2.40. The molecule has 44 heavy (non-hydrogen) atoms. The second kappa shape index (κ2) is 10.1. The van der Waals surface area contributed by atoms with Crippen LogP contribution >= 0.6 is 11.3 Å². The van der Waals surface area contributed by atoms with E-state index in [9.17, 15) is 0 Å². The first-order chi connectivity index (χ1) is 21.8. The van der Waals surface area contributed by atoms with Gasteiger partial charge in [-0.1, -0.05) is 115 Å². The van der Waals surface area contributed by atoms with Gasteiger partial charge in [-0.25, -0.2) is 0 Å². The third-order valence-electron chi connectivity index (χ3n) is 8.81. The summed E-state index contributed by atoms with van der Waals surface area (Å²) in [4.78, 5) is 2.40. The van der Waals surface area contributed by atoms with E-state index >= 15 is 0 Å². The Morgan fingerprint density at radius 2 is 1.09 bits per heavy atom. The fraction of sp³-hybridized carbons (Fsp3) is 0. The number of hydrogen-bond acceptors (Lipinski definition) is 2. The largest absolute Gasteiger partial charge is 0.310 e. The zero-order valence-electron chi connectivity index (χ0n) is 23.9. The third-order valence-corrected chi connectivity index (χ3v) is 9.95. The summed E-state index contributed by atoms with van der Waals surface area (Å²) in [5, 5.41) is 10.2. The maximum Gasteiger partial charge on any atom is 0.0540 e. The van der Waals surface area contributed by atoms with Crippen molar-refractivity contribution in [3.05, 3.63) is 164 Å². The van der Waals surface area contributed by atoms with Crippen LogP contribution in [0.3, 0.4) is 0 Å². The van der Waals surface area contributed by atoms with E-state index in [4.69, 9.17) is 0 Å². The van der Waals surface area contributed by atoms with Crippen molar-refractivity contribution in [2.75, 3.05) is 4.90 Å². The van der Waals surface area contributed by atoms with Gasteiger partial charge in [0.2, 0.25) is 0 Å². The third kappa shape index (κ3) is 4.00. The van der Waals surface area contributed by atoms with Crippen molar-refractivity contribution in [2.45, 2.75) is 0 Å². The van der Waals surface area contributed by atoms with Gasteiger partial charge in [-0.05, 0) is 86.6 Å². The second-order valence-electron chi connectivity index (χ2n) is 11.4. The number of anilines is 3. The lowest BCUT2D eigenvalue weighted by Crippen LogP contribution is -2.10. The van der Waals surface area contributed by atoms with Crippen LogP contribution in [0.2, 0.25) is 0 Å². The number of para-hydroxylation sites is 1. The first kappa shape index (κ1) is 25.1. The minimum Gasteiger partial charge on any atom is -0.310 e. The van der Waals surface area contributed by atoms with E-state index in [2.05, 4.69) is 169 Å². The van der Waals surface area contributed by atoms with Crippen LogP contribution in [-0.2, 0) is 0 Å². The smallest absolute Gasteiger partial charge is 0.0540 e. The molecular weight excluding hydrogens is 551 g/mol. The van der Waals surface area contributed by atoms with Gasteiger partial charge >= 0.3 is 0 Å². The number of hydrogen-bond donors (Lipinski definition) is 0. The van der Waals surface area contributed by atoms with Gasteiger partial charge < -0.3 is 4.90 Å².